The second kappa shape index (κ2) is 3.25. The molecule has 1 N–H and O–H groups in total. The lowest BCUT2D eigenvalue weighted by atomic mass is 10.9. The van der Waals surface area contributed by atoms with Gasteiger partial charge in [-0.2, -0.15) is 0 Å². The minimum absolute atomic E-state index is 1.20. The number of rotatable bonds is 1. The topological polar surface area (TPSA) is 20.2 Å². The van der Waals surface area contributed by atoms with Gasteiger partial charge in [-0.25, -0.2) is 0 Å². The van der Waals surface area contributed by atoms with Gasteiger partial charge in [0.05, 0.1) is 7.95 Å². The molecule has 0 radical (unpaired) electrons. The first-order valence-corrected chi connectivity index (χ1v) is 1.25. The second-order valence-corrected chi connectivity index (χ2v) is 0.527. The Balaban J connectivity index is 2.99. The fraction of sp³-hybridized carbons (Fsp3) is 1.00. The van der Waals surface area contributed by atoms with Crippen molar-refractivity contribution in [2.24, 2.45) is 0 Å². The van der Waals surface area contributed by atoms with Crippen LogP contribution in [0.4, 0.5) is 0 Å². The molecular formula is C2H5ClO. The van der Waals surface area contributed by atoms with Gasteiger partial charge in [-0.3, -0.25) is 0 Å². The quantitative estimate of drug-likeness (QED) is 0.449. The molecule has 0 saturated carbocycles. The van der Waals surface area contributed by atoms with Crippen molar-refractivity contribution in [3.8, 4) is 0 Å². The Hall–Kier alpha value is 0.250. The molecule has 4 heavy (non-hydrogen) atoms. The number of alkyl halides is 1. The zero-order valence-electron chi connectivity index (χ0n) is 3.98. The molecule has 2 unspecified atom stereocenters. The van der Waals surface area contributed by atoms with Crippen molar-refractivity contribution in [1.29, 1.82) is 0 Å². The van der Waals surface area contributed by atoms with Crippen molar-refractivity contribution in [2.45, 2.75) is 0 Å². The van der Waals surface area contributed by atoms with Crippen molar-refractivity contribution in [1.82, 2.24) is 0 Å². The molecule has 0 rings (SSSR count). The minimum atomic E-state index is -1.47. The Kier molecular flexibility index (Phi) is 1.32. The zero-order valence-corrected chi connectivity index (χ0v) is 2.74. The average molecular weight is 82.5 g/mol. The minimum Gasteiger partial charge on any atom is -0.395 e. The Bertz CT molecular complexity index is 32.5. The highest BCUT2D eigenvalue weighted by Crippen LogP contribution is 1.63. The van der Waals surface area contributed by atoms with E-state index >= 15 is 0 Å². The van der Waals surface area contributed by atoms with E-state index in [1.165, 1.54) is 0 Å². The van der Waals surface area contributed by atoms with E-state index in [2.05, 4.69) is 0 Å². The molecule has 0 aromatic rings. The van der Waals surface area contributed by atoms with Crippen LogP contribution in [0.1, 0.15) is 2.74 Å². The third kappa shape index (κ3) is 2.25. The standard InChI is InChI=1S/C2H5ClO/c3-1-2-4/h4H,1-2H2/i1D,2D. The van der Waals surface area contributed by atoms with E-state index in [1.807, 2.05) is 0 Å². The van der Waals surface area contributed by atoms with Crippen LogP contribution in [0.3, 0.4) is 0 Å². The molecule has 0 heterocycles. The van der Waals surface area contributed by atoms with Crippen LogP contribution in [0.25, 0.3) is 0 Å². The van der Waals surface area contributed by atoms with E-state index in [-0.39, 0.29) is 0 Å². The maximum Gasteiger partial charge on any atom is 0.0576 e. The molecule has 26 valence electrons. The van der Waals surface area contributed by atoms with E-state index < -0.39 is 12.4 Å². The van der Waals surface area contributed by atoms with E-state index in [0.29, 0.717) is 0 Å². The third-order valence-corrected chi connectivity index (χ3v) is 0.169. The predicted octanol–water partition coefficient (Wildman–Crippen LogP) is 0.217. The number of hydrogen-bond acceptors (Lipinski definition) is 1. The summed E-state index contributed by atoms with van der Waals surface area (Å²) < 4.78 is 12.6. The molecule has 2 atom stereocenters. The summed E-state index contributed by atoms with van der Waals surface area (Å²) in [7, 11) is 0. The Morgan fingerprint density at radius 3 is 2.50 bits per heavy atom. The van der Waals surface area contributed by atoms with Gasteiger partial charge in [0.2, 0.25) is 0 Å². The lowest BCUT2D eigenvalue weighted by Gasteiger charge is -1.67. The van der Waals surface area contributed by atoms with E-state index in [4.69, 9.17) is 19.4 Å². The van der Waals surface area contributed by atoms with Gasteiger partial charge in [0.1, 0.15) is 0 Å². The van der Waals surface area contributed by atoms with Gasteiger partial charge in [0.15, 0.2) is 0 Å². The molecule has 1 nitrogen and oxygen atoms in total. The van der Waals surface area contributed by atoms with Gasteiger partial charge in [0.25, 0.3) is 0 Å². The molecule has 0 bridgehead atoms. The fourth-order valence-electron chi connectivity index (χ4n) is 0. The van der Waals surface area contributed by atoms with Crippen molar-refractivity contribution >= 4 is 11.6 Å². The largest absolute Gasteiger partial charge is 0.395 e. The summed E-state index contributed by atoms with van der Waals surface area (Å²) in [6.07, 6.45) is 0. The maximum atomic E-state index is 7.98. The van der Waals surface area contributed by atoms with Gasteiger partial charge < -0.3 is 5.11 Å². The Morgan fingerprint density at radius 2 is 2.50 bits per heavy atom. The van der Waals surface area contributed by atoms with Gasteiger partial charge in [0, 0.05) is 7.23 Å². The molecule has 0 spiro atoms. The highest BCUT2D eigenvalue weighted by Gasteiger charge is 1.60. The molecule has 0 aromatic carbocycles. The first kappa shape index (κ1) is 1.63. The molecule has 0 aliphatic carbocycles. The van der Waals surface area contributed by atoms with Crippen LogP contribution in [0.15, 0.2) is 0 Å². The summed E-state index contributed by atoms with van der Waals surface area (Å²) in [5.41, 5.74) is 0. The zero-order chi connectivity index (χ0) is 5.15. The molecule has 0 saturated heterocycles. The second-order valence-electron chi connectivity index (χ2n) is 0.275. The van der Waals surface area contributed by atoms with Gasteiger partial charge in [-0.05, 0) is 0 Å². The van der Waals surface area contributed by atoms with Crippen molar-refractivity contribution in [2.75, 3.05) is 12.4 Å². The summed E-state index contributed by atoms with van der Waals surface area (Å²) in [5, 5.41) is 7.98. The highest BCUT2D eigenvalue weighted by molar-refractivity contribution is 6.17. The first-order valence-electron chi connectivity index (χ1n) is 1.96. The van der Waals surface area contributed by atoms with Gasteiger partial charge in [-0.1, -0.05) is 0 Å². The first-order chi connectivity index (χ1) is 2.64. The lowest BCUT2D eigenvalue weighted by Crippen LogP contribution is -1.76. The van der Waals surface area contributed by atoms with E-state index in [9.17, 15) is 0 Å². The van der Waals surface area contributed by atoms with Crippen LogP contribution in [0.5, 0.6) is 0 Å². The molecule has 2 heteroatoms. The Morgan fingerprint density at radius 1 is 2.25 bits per heavy atom. The average Bonchev–Trinajstić information content (AvgIpc) is 1.36. The third-order valence-electron chi connectivity index (χ3n) is 0.0563. The van der Waals surface area contributed by atoms with E-state index in [1.54, 1.807) is 0 Å². The summed E-state index contributed by atoms with van der Waals surface area (Å²) in [6, 6.07) is 0. The number of hydrogen-bond donors (Lipinski definition) is 1. The number of aliphatic hydroxyl groups excluding tert-OH is 1. The van der Waals surface area contributed by atoms with Crippen LogP contribution >= 0.6 is 11.6 Å². The summed E-state index contributed by atoms with van der Waals surface area (Å²) in [5.74, 6) is -1.20. The molecule has 0 aliphatic rings. The van der Waals surface area contributed by atoms with Crippen LogP contribution in [0, 0.1) is 0 Å². The van der Waals surface area contributed by atoms with Crippen molar-refractivity contribution in [3.05, 3.63) is 0 Å². The van der Waals surface area contributed by atoms with Crippen LogP contribution < -0.4 is 0 Å². The molecule has 0 fully saturated rings. The van der Waals surface area contributed by atoms with Crippen LogP contribution in [-0.4, -0.2) is 17.5 Å². The summed E-state index contributed by atoms with van der Waals surface area (Å²) in [4.78, 5) is 0. The monoisotopic (exact) mass is 82.0 g/mol. The van der Waals surface area contributed by atoms with E-state index in [0.717, 1.165) is 0 Å². The van der Waals surface area contributed by atoms with Gasteiger partial charge >= 0.3 is 0 Å². The summed E-state index contributed by atoms with van der Waals surface area (Å²) >= 11 is 4.84. The highest BCUT2D eigenvalue weighted by atomic mass is 35.5. The molecule has 0 aliphatic heterocycles. The molecular weight excluding hydrogens is 75.5 g/mol. The van der Waals surface area contributed by atoms with Crippen molar-refractivity contribution < 1.29 is 7.85 Å². The predicted molar refractivity (Wildman–Crippen MR) is 17.8 cm³/mol. The fourth-order valence-corrected chi connectivity index (χ4v) is 0. The van der Waals surface area contributed by atoms with Crippen molar-refractivity contribution in [3.63, 3.8) is 0 Å². The smallest absolute Gasteiger partial charge is 0.0576 e. The molecule has 0 amide bonds. The van der Waals surface area contributed by atoms with Crippen LogP contribution in [0.2, 0.25) is 0 Å². The number of halogens is 1. The summed E-state index contributed by atoms with van der Waals surface area (Å²) in [6.45, 7) is -1.47. The lowest BCUT2D eigenvalue weighted by molar-refractivity contribution is 0.321. The normalized spacial score (nSPS) is 30.5. The SMILES string of the molecule is [2H]C(O)C([2H])Cl. The Labute approximate surface area is 33.0 Å². The number of aliphatic hydroxyl groups is 1. The molecule has 0 aromatic heterocycles. The van der Waals surface area contributed by atoms with Crippen LogP contribution in [-0.2, 0) is 0 Å². The maximum absolute atomic E-state index is 7.98. The van der Waals surface area contributed by atoms with Gasteiger partial charge in [-0.15, -0.1) is 11.6 Å².